The zero-order valence-electron chi connectivity index (χ0n) is 33.0. The fraction of sp³-hybridized carbons (Fsp3) is 0.0345. The minimum absolute atomic E-state index is 0.447. The molecule has 282 valence electrons. The average molecular weight is 765 g/mol. The van der Waals surface area contributed by atoms with Crippen LogP contribution in [0.2, 0.25) is 0 Å². The molecule has 2 aliphatic rings. The van der Waals surface area contributed by atoms with E-state index in [-0.39, 0.29) is 0 Å². The quantitative estimate of drug-likeness (QED) is 0.168. The molecule has 0 atom stereocenters. The molecule has 1 heterocycles. The zero-order chi connectivity index (χ0) is 39.8. The van der Waals surface area contributed by atoms with Crippen LogP contribution in [0.15, 0.2) is 212 Å². The number of aromatic nitrogens is 1. The van der Waals surface area contributed by atoms with Gasteiger partial charge < -0.3 is 10.3 Å². The van der Waals surface area contributed by atoms with Crippen molar-refractivity contribution in [1.29, 1.82) is 0 Å². The molecule has 0 fully saturated rings. The molecule has 0 radical (unpaired) electrons. The molecule has 2 nitrogen and oxygen atoms in total. The SMILES string of the molecule is N/C(=C\c1cccc2c1Cc1ccccc1-2)c1cccc(-n2c3ccccc3c3cc(-c4ccc5c(c4)C(c4ccccc4)(c4ccccc4)c4ccccc4-5)ccc32)c1. The van der Waals surface area contributed by atoms with Gasteiger partial charge in [-0.1, -0.05) is 176 Å². The standard InChI is InChI=1S/C58H40N2/c59-55(37-41-16-14-26-47-46-23-8-7-15-40(46)35-51(41)47)42-17-13-22-45(33-42)60-56-28-12-10-25-50(56)52-34-38(30-32-57(52)60)39-29-31-49-48-24-9-11-27-53(48)58(54(49)36-39,43-18-3-1-4-19-43)44-20-5-2-6-21-44/h1-34,36-37H,35,59H2/b55-37-. The van der Waals surface area contributed by atoms with Crippen LogP contribution in [-0.4, -0.2) is 4.57 Å². The van der Waals surface area contributed by atoms with Crippen molar-refractivity contribution < 1.29 is 0 Å². The third-order valence-corrected chi connectivity index (χ3v) is 13.1. The molecule has 9 aromatic carbocycles. The molecule has 0 bridgehead atoms. The molecule has 0 spiro atoms. The molecule has 12 rings (SSSR count). The molecular weight excluding hydrogens is 725 g/mol. The smallest absolute Gasteiger partial charge is 0.0713 e. The van der Waals surface area contributed by atoms with E-state index in [1.807, 2.05) is 0 Å². The predicted molar refractivity (Wildman–Crippen MR) is 250 cm³/mol. The topological polar surface area (TPSA) is 30.9 Å². The predicted octanol–water partition coefficient (Wildman–Crippen LogP) is 13.8. The van der Waals surface area contributed by atoms with Gasteiger partial charge in [-0.3, -0.25) is 0 Å². The van der Waals surface area contributed by atoms with E-state index >= 15 is 0 Å². The van der Waals surface area contributed by atoms with Crippen molar-refractivity contribution >= 4 is 33.6 Å². The second-order valence-electron chi connectivity index (χ2n) is 16.2. The summed E-state index contributed by atoms with van der Waals surface area (Å²) in [6.07, 6.45) is 3.08. The Morgan fingerprint density at radius 1 is 0.467 bits per heavy atom. The lowest BCUT2D eigenvalue weighted by Crippen LogP contribution is -2.28. The van der Waals surface area contributed by atoms with Crippen molar-refractivity contribution in [3.63, 3.8) is 0 Å². The van der Waals surface area contributed by atoms with Gasteiger partial charge in [-0.05, 0) is 127 Å². The summed E-state index contributed by atoms with van der Waals surface area (Å²) >= 11 is 0. The molecule has 0 saturated heterocycles. The Hall–Kier alpha value is -7.68. The van der Waals surface area contributed by atoms with Crippen LogP contribution < -0.4 is 5.73 Å². The summed E-state index contributed by atoms with van der Waals surface area (Å²) in [6, 6.07) is 77.8. The van der Waals surface area contributed by atoms with Gasteiger partial charge in [0.05, 0.1) is 16.4 Å². The first-order valence-corrected chi connectivity index (χ1v) is 20.8. The van der Waals surface area contributed by atoms with Gasteiger partial charge in [-0.25, -0.2) is 0 Å². The van der Waals surface area contributed by atoms with Gasteiger partial charge in [0.25, 0.3) is 0 Å². The molecule has 0 saturated carbocycles. The van der Waals surface area contributed by atoms with E-state index < -0.39 is 5.41 Å². The highest BCUT2D eigenvalue weighted by molar-refractivity contribution is 6.10. The number of para-hydroxylation sites is 1. The van der Waals surface area contributed by atoms with Crippen LogP contribution in [0.3, 0.4) is 0 Å². The fourth-order valence-corrected chi connectivity index (χ4v) is 10.4. The Bertz CT molecular complexity index is 3310. The van der Waals surface area contributed by atoms with E-state index in [0.717, 1.165) is 28.9 Å². The first-order valence-electron chi connectivity index (χ1n) is 20.8. The summed E-state index contributed by atoms with van der Waals surface area (Å²) in [5, 5.41) is 2.44. The van der Waals surface area contributed by atoms with Gasteiger partial charge in [0, 0.05) is 22.2 Å². The van der Waals surface area contributed by atoms with Crippen LogP contribution in [0.25, 0.3) is 72.6 Å². The van der Waals surface area contributed by atoms with Crippen LogP contribution in [-0.2, 0) is 11.8 Å². The largest absolute Gasteiger partial charge is 0.398 e. The van der Waals surface area contributed by atoms with E-state index in [0.29, 0.717) is 0 Å². The number of hydrogen-bond donors (Lipinski definition) is 1. The van der Waals surface area contributed by atoms with E-state index in [4.69, 9.17) is 5.73 Å². The molecular formula is C58H40N2. The Labute approximate surface area is 350 Å². The van der Waals surface area contributed by atoms with Crippen molar-refractivity contribution in [3.05, 3.63) is 257 Å². The zero-order valence-corrected chi connectivity index (χ0v) is 33.0. The van der Waals surface area contributed by atoms with Gasteiger partial charge in [0.15, 0.2) is 0 Å². The number of nitrogens with zero attached hydrogens (tertiary/aromatic N) is 1. The lowest BCUT2D eigenvalue weighted by molar-refractivity contribution is 0.769. The second kappa shape index (κ2) is 13.4. The third-order valence-electron chi connectivity index (χ3n) is 13.1. The highest BCUT2D eigenvalue weighted by atomic mass is 15.0. The molecule has 10 aromatic rings. The molecule has 0 unspecified atom stereocenters. The number of rotatable bonds is 6. The molecule has 0 aliphatic heterocycles. The summed E-state index contributed by atoms with van der Waals surface area (Å²) in [5.41, 5.74) is 28.4. The summed E-state index contributed by atoms with van der Waals surface area (Å²) < 4.78 is 2.39. The molecule has 2 aliphatic carbocycles. The molecule has 2 heteroatoms. The van der Waals surface area contributed by atoms with Crippen LogP contribution in [0, 0.1) is 0 Å². The van der Waals surface area contributed by atoms with E-state index in [1.54, 1.807) is 0 Å². The highest BCUT2D eigenvalue weighted by Crippen LogP contribution is 2.56. The van der Waals surface area contributed by atoms with Crippen molar-refractivity contribution in [2.24, 2.45) is 5.73 Å². The van der Waals surface area contributed by atoms with Crippen molar-refractivity contribution in [2.75, 3.05) is 0 Å². The van der Waals surface area contributed by atoms with Crippen molar-refractivity contribution in [1.82, 2.24) is 4.57 Å². The first kappa shape index (κ1) is 34.4. The number of nitrogens with two attached hydrogens (primary N) is 1. The monoisotopic (exact) mass is 764 g/mol. The fourth-order valence-electron chi connectivity index (χ4n) is 10.4. The van der Waals surface area contributed by atoms with Gasteiger partial charge in [0.2, 0.25) is 0 Å². The summed E-state index contributed by atoms with van der Waals surface area (Å²) in [6.45, 7) is 0. The summed E-state index contributed by atoms with van der Waals surface area (Å²) in [4.78, 5) is 0. The Morgan fingerprint density at radius 3 is 1.93 bits per heavy atom. The van der Waals surface area contributed by atoms with Gasteiger partial charge in [-0.2, -0.15) is 0 Å². The maximum Gasteiger partial charge on any atom is 0.0713 e. The van der Waals surface area contributed by atoms with Crippen molar-refractivity contribution in [2.45, 2.75) is 11.8 Å². The number of fused-ring (bicyclic) bond motifs is 9. The van der Waals surface area contributed by atoms with Crippen LogP contribution in [0.1, 0.15) is 44.5 Å². The number of hydrogen-bond acceptors (Lipinski definition) is 1. The first-order chi connectivity index (χ1) is 29.7. The Balaban J connectivity index is 0.978. The van der Waals surface area contributed by atoms with Gasteiger partial charge >= 0.3 is 0 Å². The van der Waals surface area contributed by atoms with Crippen LogP contribution in [0.5, 0.6) is 0 Å². The van der Waals surface area contributed by atoms with Gasteiger partial charge in [0.1, 0.15) is 0 Å². The minimum Gasteiger partial charge on any atom is -0.398 e. The van der Waals surface area contributed by atoms with E-state index in [2.05, 4.69) is 223 Å². The summed E-state index contributed by atoms with van der Waals surface area (Å²) in [5.74, 6) is 0. The maximum atomic E-state index is 6.97. The Morgan fingerprint density at radius 2 is 1.10 bits per heavy atom. The molecule has 2 N–H and O–H groups in total. The molecule has 0 amide bonds. The van der Waals surface area contributed by atoms with Gasteiger partial charge in [-0.15, -0.1) is 0 Å². The molecule has 60 heavy (non-hydrogen) atoms. The Kier molecular flexibility index (Phi) is 7.70. The highest BCUT2D eigenvalue weighted by Gasteiger charge is 2.46. The summed E-state index contributed by atoms with van der Waals surface area (Å²) in [7, 11) is 0. The lowest BCUT2D eigenvalue weighted by atomic mass is 9.67. The second-order valence-corrected chi connectivity index (χ2v) is 16.2. The maximum absolute atomic E-state index is 6.97. The lowest BCUT2D eigenvalue weighted by Gasteiger charge is -2.34. The minimum atomic E-state index is -0.447. The van der Waals surface area contributed by atoms with Crippen LogP contribution in [0.4, 0.5) is 0 Å². The average Bonchev–Trinajstić information content (AvgIpc) is 3.96. The third kappa shape index (κ3) is 5.07. The van der Waals surface area contributed by atoms with E-state index in [9.17, 15) is 0 Å². The molecule has 1 aromatic heterocycles. The van der Waals surface area contributed by atoms with Crippen LogP contribution >= 0.6 is 0 Å². The van der Waals surface area contributed by atoms with Crippen molar-refractivity contribution in [3.8, 4) is 39.1 Å². The number of benzene rings is 9. The van der Waals surface area contributed by atoms with E-state index in [1.165, 1.54) is 88.6 Å². The normalized spacial score (nSPS) is 13.6.